The van der Waals surface area contributed by atoms with Crippen molar-refractivity contribution < 1.29 is 19.1 Å². The first kappa shape index (κ1) is 19.7. The highest BCUT2D eigenvalue weighted by atomic mass is 16.5. The van der Waals surface area contributed by atoms with Crippen LogP contribution in [0.25, 0.3) is 0 Å². The number of hydrogen-bond donors (Lipinski definition) is 2. The summed E-state index contributed by atoms with van der Waals surface area (Å²) >= 11 is 0. The maximum absolute atomic E-state index is 12.6. The number of H-pyrrole nitrogens is 1. The Kier molecular flexibility index (Phi) is 6.52. The second-order valence-corrected chi connectivity index (χ2v) is 6.85. The number of rotatable bonds is 7. The topological polar surface area (TPSA) is 96.5 Å². The van der Waals surface area contributed by atoms with Gasteiger partial charge in [0, 0.05) is 31.5 Å². The number of aromatic amines is 1. The number of hydrogen-bond acceptors (Lipinski definition) is 5. The Hall–Kier alpha value is -3.03. The van der Waals surface area contributed by atoms with Gasteiger partial charge in [0.15, 0.2) is 11.5 Å². The number of methoxy groups -OCH3 is 2. The predicted octanol–water partition coefficient (Wildman–Crippen LogP) is 1.64. The summed E-state index contributed by atoms with van der Waals surface area (Å²) in [6.45, 7) is 1.90. The fraction of sp³-hybridized carbons (Fsp3) is 0.450. The van der Waals surface area contributed by atoms with E-state index in [9.17, 15) is 9.59 Å². The molecular weight excluding hydrogens is 360 g/mol. The van der Waals surface area contributed by atoms with Crippen LogP contribution in [0, 0.1) is 5.92 Å². The zero-order valence-corrected chi connectivity index (χ0v) is 16.2. The molecular formula is C20H26N4O4. The Morgan fingerprint density at radius 2 is 2.18 bits per heavy atom. The van der Waals surface area contributed by atoms with Gasteiger partial charge in [0.1, 0.15) is 0 Å². The van der Waals surface area contributed by atoms with Gasteiger partial charge in [-0.2, -0.15) is 0 Å². The van der Waals surface area contributed by atoms with Gasteiger partial charge in [-0.3, -0.25) is 9.59 Å². The molecule has 150 valence electrons. The SMILES string of the molecule is COc1cccc(C(=O)NC[C@H]2CCCN(C(=O)Cc3cnc[nH]3)C2)c1OC. The lowest BCUT2D eigenvalue weighted by Gasteiger charge is -2.33. The number of amides is 2. The summed E-state index contributed by atoms with van der Waals surface area (Å²) in [6, 6.07) is 5.21. The maximum atomic E-state index is 12.6. The summed E-state index contributed by atoms with van der Waals surface area (Å²) < 4.78 is 10.6. The average Bonchev–Trinajstić information content (AvgIpc) is 3.24. The fourth-order valence-corrected chi connectivity index (χ4v) is 3.51. The minimum absolute atomic E-state index is 0.0785. The summed E-state index contributed by atoms with van der Waals surface area (Å²) in [5.74, 6) is 1.03. The monoisotopic (exact) mass is 386 g/mol. The number of nitrogens with one attached hydrogen (secondary N) is 2. The van der Waals surface area contributed by atoms with Crippen molar-refractivity contribution in [1.29, 1.82) is 0 Å². The Bertz CT molecular complexity index is 807. The van der Waals surface area contributed by atoms with Gasteiger partial charge in [-0.05, 0) is 30.9 Å². The van der Waals surface area contributed by atoms with Crippen molar-refractivity contribution in [1.82, 2.24) is 20.2 Å². The molecule has 8 nitrogen and oxygen atoms in total. The van der Waals surface area contributed by atoms with E-state index in [1.165, 1.54) is 14.2 Å². The quantitative estimate of drug-likeness (QED) is 0.754. The van der Waals surface area contributed by atoms with Crippen LogP contribution in [0.15, 0.2) is 30.7 Å². The lowest BCUT2D eigenvalue weighted by molar-refractivity contribution is -0.132. The molecule has 1 fully saturated rings. The molecule has 2 N–H and O–H groups in total. The molecule has 2 heterocycles. The number of benzene rings is 1. The lowest BCUT2D eigenvalue weighted by atomic mass is 9.97. The number of ether oxygens (including phenoxy) is 2. The maximum Gasteiger partial charge on any atom is 0.255 e. The van der Waals surface area contributed by atoms with Gasteiger partial charge in [-0.1, -0.05) is 6.07 Å². The summed E-state index contributed by atoms with van der Waals surface area (Å²) in [6.07, 6.45) is 5.46. The van der Waals surface area contributed by atoms with Crippen molar-refractivity contribution in [2.45, 2.75) is 19.3 Å². The van der Waals surface area contributed by atoms with Crippen LogP contribution in [0.3, 0.4) is 0 Å². The minimum atomic E-state index is -0.211. The van der Waals surface area contributed by atoms with Gasteiger partial charge < -0.3 is 24.7 Å². The molecule has 1 atom stereocenters. The summed E-state index contributed by atoms with van der Waals surface area (Å²) in [5.41, 5.74) is 1.25. The summed E-state index contributed by atoms with van der Waals surface area (Å²) in [4.78, 5) is 33.9. The Morgan fingerprint density at radius 3 is 2.89 bits per heavy atom. The Labute approximate surface area is 164 Å². The van der Waals surface area contributed by atoms with Crippen LogP contribution in [-0.2, 0) is 11.2 Å². The first-order valence-corrected chi connectivity index (χ1v) is 9.36. The normalized spacial score (nSPS) is 16.5. The van der Waals surface area contributed by atoms with E-state index < -0.39 is 0 Å². The van der Waals surface area contributed by atoms with Gasteiger partial charge in [0.05, 0.1) is 32.5 Å². The molecule has 0 bridgehead atoms. The van der Waals surface area contributed by atoms with Crippen LogP contribution < -0.4 is 14.8 Å². The van der Waals surface area contributed by atoms with Crippen LogP contribution in [0.1, 0.15) is 28.9 Å². The number of aromatic nitrogens is 2. The van der Waals surface area contributed by atoms with Gasteiger partial charge in [-0.25, -0.2) is 4.98 Å². The van der Waals surface area contributed by atoms with E-state index in [1.54, 1.807) is 30.7 Å². The molecule has 3 rings (SSSR count). The van der Waals surface area contributed by atoms with Crippen molar-refractivity contribution in [2.24, 2.45) is 5.92 Å². The molecule has 0 saturated carbocycles. The van der Waals surface area contributed by atoms with Crippen molar-refractivity contribution >= 4 is 11.8 Å². The number of para-hydroxylation sites is 1. The van der Waals surface area contributed by atoms with Crippen LogP contribution in [0.4, 0.5) is 0 Å². The Balaban J connectivity index is 1.55. The highest BCUT2D eigenvalue weighted by Gasteiger charge is 2.25. The first-order chi connectivity index (χ1) is 13.6. The summed E-state index contributed by atoms with van der Waals surface area (Å²) in [5, 5.41) is 2.97. The van der Waals surface area contributed by atoms with Crippen LogP contribution in [0.5, 0.6) is 11.5 Å². The second kappa shape index (κ2) is 9.25. The van der Waals surface area contributed by atoms with Gasteiger partial charge in [0.25, 0.3) is 5.91 Å². The molecule has 1 aliphatic heterocycles. The number of carbonyl (C=O) groups is 2. The Morgan fingerprint density at radius 1 is 1.32 bits per heavy atom. The molecule has 0 radical (unpaired) electrons. The van der Waals surface area contributed by atoms with Gasteiger partial charge >= 0.3 is 0 Å². The van der Waals surface area contributed by atoms with Gasteiger partial charge in [0.2, 0.25) is 5.91 Å². The smallest absolute Gasteiger partial charge is 0.255 e. The molecule has 0 aliphatic carbocycles. The lowest BCUT2D eigenvalue weighted by Crippen LogP contribution is -2.44. The zero-order chi connectivity index (χ0) is 19.9. The third kappa shape index (κ3) is 4.62. The highest BCUT2D eigenvalue weighted by molar-refractivity contribution is 5.97. The van der Waals surface area contributed by atoms with E-state index in [1.807, 2.05) is 4.90 Å². The van der Waals surface area contributed by atoms with Crippen molar-refractivity contribution in [3.05, 3.63) is 42.0 Å². The highest BCUT2D eigenvalue weighted by Crippen LogP contribution is 2.30. The largest absolute Gasteiger partial charge is 0.493 e. The molecule has 2 aromatic rings. The molecule has 1 saturated heterocycles. The number of imidazole rings is 1. The number of piperidine rings is 1. The molecule has 0 spiro atoms. The van der Waals surface area contributed by atoms with E-state index in [-0.39, 0.29) is 17.7 Å². The van der Waals surface area contributed by atoms with Crippen molar-refractivity contribution in [3.63, 3.8) is 0 Å². The number of carbonyl (C=O) groups excluding carboxylic acids is 2. The van der Waals surface area contributed by atoms with E-state index in [2.05, 4.69) is 15.3 Å². The molecule has 1 aromatic heterocycles. The van der Waals surface area contributed by atoms with Crippen LogP contribution in [-0.4, -0.2) is 60.5 Å². The average molecular weight is 386 g/mol. The van der Waals surface area contributed by atoms with E-state index in [4.69, 9.17) is 9.47 Å². The van der Waals surface area contributed by atoms with E-state index in [0.29, 0.717) is 36.6 Å². The summed E-state index contributed by atoms with van der Waals surface area (Å²) in [7, 11) is 3.05. The second-order valence-electron chi connectivity index (χ2n) is 6.85. The predicted molar refractivity (Wildman–Crippen MR) is 103 cm³/mol. The van der Waals surface area contributed by atoms with Crippen molar-refractivity contribution in [2.75, 3.05) is 33.9 Å². The third-order valence-electron chi connectivity index (χ3n) is 4.97. The minimum Gasteiger partial charge on any atom is -0.493 e. The van der Waals surface area contributed by atoms with Gasteiger partial charge in [-0.15, -0.1) is 0 Å². The van der Waals surface area contributed by atoms with E-state index >= 15 is 0 Å². The van der Waals surface area contributed by atoms with Crippen molar-refractivity contribution in [3.8, 4) is 11.5 Å². The fourth-order valence-electron chi connectivity index (χ4n) is 3.51. The molecule has 1 aromatic carbocycles. The standard InChI is InChI=1S/C20H26N4O4/c1-27-17-7-3-6-16(19(17)28-2)20(26)22-10-14-5-4-8-24(12-14)18(25)9-15-11-21-13-23-15/h3,6-7,11,13-14H,4-5,8-10,12H2,1-2H3,(H,21,23)(H,22,26)/t14-/m1/s1. The molecule has 0 unspecified atom stereocenters. The molecule has 8 heteroatoms. The molecule has 28 heavy (non-hydrogen) atoms. The van der Waals surface area contributed by atoms with Crippen LogP contribution >= 0.6 is 0 Å². The van der Waals surface area contributed by atoms with Crippen LogP contribution in [0.2, 0.25) is 0 Å². The number of likely N-dealkylation sites (tertiary alicyclic amines) is 1. The molecule has 1 aliphatic rings. The third-order valence-corrected chi connectivity index (χ3v) is 4.97. The molecule has 2 amide bonds. The number of nitrogens with zero attached hydrogens (tertiary/aromatic N) is 2. The first-order valence-electron chi connectivity index (χ1n) is 9.36. The zero-order valence-electron chi connectivity index (χ0n) is 16.2. The van der Waals surface area contributed by atoms with E-state index in [0.717, 1.165) is 25.1 Å².